The second-order valence-electron chi connectivity index (χ2n) is 4.89. The molecule has 1 aliphatic carbocycles. The molecule has 3 rings (SSSR count). The zero-order valence-electron chi connectivity index (χ0n) is 11.0. The molecule has 1 unspecified atom stereocenters. The smallest absolute Gasteiger partial charge is 0.123 e. The normalized spacial score (nSPS) is 16.5. The molecule has 4 heteroatoms. The van der Waals surface area contributed by atoms with Crippen LogP contribution in [0.15, 0.2) is 30.3 Å². The standard InChI is InChI=1S/C15H18N2OS/c1-18-14(11-7-8-11)15-17-13(12(9-16)19-15)10-5-3-2-4-6-10/h2-6,11,14H,7-9,16H2,1H3. The molecule has 1 saturated carbocycles. The maximum atomic E-state index is 5.86. The van der Waals surface area contributed by atoms with E-state index in [0.717, 1.165) is 21.1 Å². The minimum atomic E-state index is 0.146. The Hall–Kier alpha value is -1.23. The average Bonchev–Trinajstić information content (AvgIpc) is 3.19. The summed E-state index contributed by atoms with van der Waals surface area (Å²) in [5.41, 5.74) is 8.02. The first-order chi connectivity index (χ1) is 9.33. The molecule has 1 atom stereocenters. The molecule has 1 aliphatic rings. The lowest BCUT2D eigenvalue weighted by Crippen LogP contribution is -2.02. The van der Waals surface area contributed by atoms with E-state index in [1.54, 1.807) is 18.4 Å². The highest BCUT2D eigenvalue weighted by Gasteiger charge is 2.35. The Balaban J connectivity index is 1.98. The molecular weight excluding hydrogens is 256 g/mol. The van der Waals surface area contributed by atoms with Crippen LogP contribution < -0.4 is 5.73 Å². The molecule has 0 saturated heterocycles. The highest BCUT2D eigenvalue weighted by molar-refractivity contribution is 7.12. The third-order valence-electron chi connectivity index (χ3n) is 3.49. The lowest BCUT2D eigenvalue weighted by molar-refractivity contribution is 0.0844. The average molecular weight is 274 g/mol. The first-order valence-electron chi connectivity index (χ1n) is 6.61. The molecule has 0 bridgehead atoms. The second kappa shape index (κ2) is 5.41. The summed E-state index contributed by atoms with van der Waals surface area (Å²) in [6.45, 7) is 0.531. The minimum absolute atomic E-state index is 0.146. The van der Waals surface area contributed by atoms with Crippen LogP contribution in [0.3, 0.4) is 0 Å². The molecular formula is C15H18N2OS. The predicted molar refractivity (Wildman–Crippen MR) is 77.9 cm³/mol. The topological polar surface area (TPSA) is 48.1 Å². The lowest BCUT2D eigenvalue weighted by atomic mass is 10.1. The molecule has 100 valence electrons. The second-order valence-corrected chi connectivity index (χ2v) is 6.00. The van der Waals surface area contributed by atoms with Crippen LogP contribution in [-0.2, 0) is 11.3 Å². The van der Waals surface area contributed by atoms with Gasteiger partial charge in [0.05, 0.1) is 5.69 Å². The number of nitrogens with zero attached hydrogens (tertiary/aromatic N) is 1. The van der Waals surface area contributed by atoms with Crippen LogP contribution in [0, 0.1) is 5.92 Å². The minimum Gasteiger partial charge on any atom is -0.374 e. The summed E-state index contributed by atoms with van der Waals surface area (Å²) in [6.07, 6.45) is 2.64. The Bertz CT molecular complexity index is 549. The van der Waals surface area contributed by atoms with E-state index in [1.807, 2.05) is 18.2 Å². The van der Waals surface area contributed by atoms with Crippen molar-refractivity contribution in [1.29, 1.82) is 0 Å². The number of aromatic nitrogens is 1. The summed E-state index contributed by atoms with van der Waals surface area (Å²) in [4.78, 5) is 5.94. The van der Waals surface area contributed by atoms with Crippen molar-refractivity contribution in [3.05, 3.63) is 40.2 Å². The van der Waals surface area contributed by atoms with Crippen LogP contribution in [0.2, 0.25) is 0 Å². The van der Waals surface area contributed by atoms with Gasteiger partial charge >= 0.3 is 0 Å². The van der Waals surface area contributed by atoms with Crippen LogP contribution in [0.4, 0.5) is 0 Å². The van der Waals surface area contributed by atoms with Crippen LogP contribution in [0.1, 0.15) is 28.8 Å². The third-order valence-corrected chi connectivity index (χ3v) is 4.63. The maximum Gasteiger partial charge on any atom is 0.123 e. The molecule has 2 N–H and O–H groups in total. The van der Waals surface area contributed by atoms with Crippen molar-refractivity contribution in [2.45, 2.75) is 25.5 Å². The molecule has 2 aromatic rings. The lowest BCUT2D eigenvalue weighted by Gasteiger charge is -2.10. The van der Waals surface area contributed by atoms with Crippen molar-refractivity contribution in [2.24, 2.45) is 11.7 Å². The molecule has 0 amide bonds. The van der Waals surface area contributed by atoms with Crippen LogP contribution in [0.5, 0.6) is 0 Å². The van der Waals surface area contributed by atoms with Gasteiger partial charge in [-0.05, 0) is 18.8 Å². The van der Waals surface area contributed by atoms with Gasteiger partial charge in [0.2, 0.25) is 0 Å². The monoisotopic (exact) mass is 274 g/mol. The largest absolute Gasteiger partial charge is 0.374 e. The van der Waals surface area contributed by atoms with Crippen molar-refractivity contribution in [2.75, 3.05) is 7.11 Å². The van der Waals surface area contributed by atoms with Crippen molar-refractivity contribution in [1.82, 2.24) is 4.98 Å². The van der Waals surface area contributed by atoms with Crippen LogP contribution in [-0.4, -0.2) is 12.1 Å². The fraction of sp³-hybridized carbons (Fsp3) is 0.400. The molecule has 1 aromatic heterocycles. The van der Waals surface area contributed by atoms with E-state index in [4.69, 9.17) is 15.5 Å². The zero-order valence-corrected chi connectivity index (χ0v) is 11.8. The van der Waals surface area contributed by atoms with Gasteiger partial charge < -0.3 is 10.5 Å². The molecule has 19 heavy (non-hydrogen) atoms. The molecule has 3 nitrogen and oxygen atoms in total. The van der Waals surface area contributed by atoms with Crippen molar-refractivity contribution < 1.29 is 4.74 Å². The molecule has 1 fully saturated rings. The fourth-order valence-electron chi connectivity index (χ4n) is 2.35. The van der Waals surface area contributed by atoms with Gasteiger partial charge in [0.1, 0.15) is 11.1 Å². The van der Waals surface area contributed by atoms with Gasteiger partial charge in [-0.2, -0.15) is 0 Å². The van der Waals surface area contributed by atoms with Crippen LogP contribution in [0.25, 0.3) is 11.3 Å². The molecule has 1 heterocycles. The van der Waals surface area contributed by atoms with Gasteiger partial charge in [-0.15, -0.1) is 11.3 Å². The Labute approximate surface area is 117 Å². The summed E-state index contributed by atoms with van der Waals surface area (Å²) < 4.78 is 5.62. The Morgan fingerprint density at radius 3 is 2.68 bits per heavy atom. The number of methoxy groups -OCH3 is 1. The van der Waals surface area contributed by atoms with Gasteiger partial charge in [-0.3, -0.25) is 0 Å². The number of rotatable bonds is 5. The zero-order chi connectivity index (χ0) is 13.2. The third kappa shape index (κ3) is 2.56. The van der Waals surface area contributed by atoms with E-state index in [-0.39, 0.29) is 6.10 Å². The van der Waals surface area contributed by atoms with Gasteiger partial charge in [0.25, 0.3) is 0 Å². The quantitative estimate of drug-likeness (QED) is 0.909. The summed E-state index contributed by atoms with van der Waals surface area (Å²) >= 11 is 1.69. The Morgan fingerprint density at radius 2 is 2.11 bits per heavy atom. The number of benzene rings is 1. The first kappa shape index (κ1) is 12.8. The Morgan fingerprint density at radius 1 is 1.37 bits per heavy atom. The van der Waals surface area contributed by atoms with E-state index in [1.165, 1.54) is 12.8 Å². The van der Waals surface area contributed by atoms with Crippen molar-refractivity contribution in [3.63, 3.8) is 0 Å². The van der Waals surface area contributed by atoms with E-state index < -0.39 is 0 Å². The molecule has 1 aromatic carbocycles. The van der Waals surface area contributed by atoms with E-state index in [2.05, 4.69) is 12.1 Å². The van der Waals surface area contributed by atoms with Crippen molar-refractivity contribution >= 4 is 11.3 Å². The maximum absolute atomic E-state index is 5.86. The van der Waals surface area contributed by atoms with Gasteiger partial charge in [0.15, 0.2) is 0 Å². The van der Waals surface area contributed by atoms with Crippen LogP contribution >= 0.6 is 11.3 Å². The number of ether oxygens (including phenoxy) is 1. The number of nitrogens with two attached hydrogens (primary N) is 1. The summed E-state index contributed by atoms with van der Waals surface area (Å²) in [7, 11) is 1.77. The number of hydrogen-bond acceptors (Lipinski definition) is 4. The first-order valence-corrected chi connectivity index (χ1v) is 7.43. The summed E-state index contributed by atoms with van der Waals surface area (Å²) in [5.74, 6) is 0.644. The van der Waals surface area contributed by atoms with Gasteiger partial charge in [-0.25, -0.2) is 4.98 Å². The highest BCUT2D eigenvalue weighted by atomic mass is 32.1. The Kier molecular flexibility index (Phi) is 3.64. The van der Waals surface area contributed by atoms with Gasteiger partial charge in [0, 0.05) is 24.1 Å². The number of hydrogen-bond donors (Lipinski definition) is 1. The fourth-order valence-corrected chi connectivity index (χ4v) is 3.48. The van der Waals surface area contributed by atoms with Crippen molar-refractivity contribution in [3.8, 4) is 11.3 Å². The number of thiazole rings is 1. The van der Waals surface area contributed by atoms with E-state index in [9.17, 15) is 0 Å². The predicted octanol–water partition coefficient (Wildman–Crippen LogP) is 3.37. The molecule has 0 radical (unpaired) electrons. The highest BCUT2D eigenvalue weighted by Crippen LogP contribution is 2.45. The van der Waals surface area contributed by atoms with Gasteiger partial charge in [-0.1, -0.05) is 30.3 Å². The van der Waals surface area contributed by atoms with E-state index in [0.29, 0.717) is 12.5 Å². The summed E-state index contributed by atoms with van der Waals surface area (Å²) in [6, 6.07) is 10.2. The molecule has 0 aliphatic heterocycles. The van der Waals surface area contributed by atoms with E-state index >= 15 is 0 Å². The summed E-state index contributed by atoms with van der Waals surface area (Å²) in [5, 5.41) is 1.07. The molecule has 0 spiro atoms. The SMILES string of the molecule is COC(c1nc(-c2ccccc2)c(CN)s1)C1CC1.